The highest BCUT2D eigenvalue weighted by Gasteiger charge is 2.03. The summed E-state index contributed by atoms with van der Waals surface area (Å²) in [5.74, 6) is 0.843. The van der Waals surface area contributed by atoms with Gasteiger partial charge in [0.15, 0.2) is 0 Å². The van der Waals surface area contributed by atoms with Crippen molar-refractivity contribution in [3.05, 3.63) is 59.9 Å². The summed E-state index contributed by atoms with van der Waals surface area (Å²) in [6.07, 6.45) is 1.59. The number of rotatable bonds is 2. The number of benzene rings is 2. The maximum absolute atomic E-state index is 4.34. The molecule has 0 aliphatic carbocycles. The van der Waals surface area contributed by atoms with E-state index < -0.39 is 0 Å². The number of nitrogens with one attached hydrogen (secondary N) is 1. The lowest BCUT2D eigenvalue weighted by Gasteiger charge is -2.09. The minimum absolute atomic E-state index is 0. The molecule has 2 aromatic carbocycles. The van der Waals surface area contributed by atoms with E-state index in [1.807, 2.05) is 24.3 Å². The van der Waals surface area contributed by atoms with E-state index in [4.69, 9.17) is 0 Å². The van der Waals surface area contributed by atoms with E-state index in [0.717, 1.165) is 22.4 Å². The fraction of sp³-hybridized carbons (Fsp3) is 0.125. The Bertz CT molecular complexity index is 715. The molecule has 102 valence electrons. The zero-order valence-corrected chi connectivity index (χ0v) is 12.2. The van der Waals surface area contributed by atoms with Crippen molar-refractivity contribution in [2.75, 3.05) is 5.32 Å². The molecule has 0 aliphatic rings. The monoisotopic (exact) mass is 285 g/mol. The first-order valence-electron chi connectivity index (χ1n) is 6.27. The van der Waals surface area contributed by atoms with Crippen LogP contribution >= 0.6 is 12.4 Å². The van der Waals surface area contributed by atoms with Gasteiger partial charge in [-0.2, -0.15) is 0 Å². The molecule has 0 aliphatic heterocycles. The van der Waals surface area contributed by atoms with E-state index in [1.165, 1.54) is 11.1 Å². The first-order chi connectivity index (χ1) is 9.22. The molecule has 0 spiro atoms. The van der Waals surface area contributed by atoms with E-state index in [9.17, 15) is 0 Å². The Hall–Kier alpha value is -2.13. The van der Waals surface area contributed by atoms with Gasteiger partial charge < -0.3 is 5.32 Å². The van der Waals surface area contributed by atoms with Crippen molar-refractivity contribution in [1.82, 2.24) is 9.97 Å². The van der Waals surface area contributed by atoms with Crippen molar-refractivity contribution < 1.29 is 0 Å². The zero-order valence-electron chi connectivity index (χ0n) is 11.4. The third kappa shape index (κ3) is 2.89. The normalized spacial score (nSPS) is 10.1. The molecule has 1 N–H and O–H groups in total. The molecule has 0 fully saturated rings. The predicted octanol–water partition coefficient (Wildman–Crippen LogP) is 4.41. The summed E-state index contributed by atoms with van der Waals surface area (Å²) in [6.45, 7) is 4.19. The fourth-order valence-electron chi connectivity index (χ4n) is 2.29. The van der Waals surface area contributed by atoms with Gasteiger partial charge in [0.25, 0.3) is 0 Å². The quantitative estimate of drug-likeness (QED) is 0.758. The van der Waals surface area contributed by atoms with Crippen LogP contribution in [0.15, 0.2) is 48.8 Å². The number of nitrogens with zero attached hydrogens (tertiary/aromatic N) is 2. The van der Waals surface area contributed by atoms with Crippen LogP contribution < -0.4 is 5.32 Å². The summed E-state index contributed by atoms with van der Waals surface area (Å²) < 4.78 is 0. The van der Waals surface area contributed by atoms with Crippen LogP contribution in [0.1, 0.15) is 11.1 Å². The van der Waals surface area contributed by atoms with Crippen LogP contribution in [-0.2, 0) is 0 Å². The highest BCUT2D eigenvalue weighted by molar-refractivity contribution is 5.90. The Morgan fingerprint density at radius 3 is 2.35 bits per heavy atom. The van der Waals surface area contributed by atoms with Crippen LogP contribution in [0.4, 0.5) is 11.5 Å². The third-order valence-corrected chi connectivity index (χ3v) is 3.03. The summed E-state index contributed by atoms with van der Waals surface area (Å²) in [7, 11) is 0. The second kappa shape index (κ2) is 5.88. The number of fused-ring (bicyclic) bond motifs is 1. The molecule has 0 saturated heterocycles. The lowest BCUT2D eigenvalue weighted by molar-refractivity contribution is 1.22. The summed E-state index contributed by atoms with van der Waals surface area (Å²) in [4.78, 5) is 8.61. The van der Waals surface area contributed by atoms with Gasteiger partial charge in [0.05, 0.1) is 5.52 Å². The fourth-order valence-corrected chi connectivity index (χ4v) is 2.29. The molecule has 0 atom stereocenters. The number of hydrogen-bond acceptors (Lipinski definition) is 3. The predicted molar refractivity (Wildman–Crippen MR) is 86.0 cm³/mol. The van der Waals surface area contributed by atoms with Crippen molar-refractivity contribution in [1.29, 1.82) is 0 Å². The average molecular weight is 286 g/mol. The molecule has 0 radical (unpaired) electrons. The zero-order chi connectivity index (χ0) is 13.2. The van der Waals surface area contributed by atoms with Gasteiger partial charge >= 0.3 is 0 Å². The number of para-hydroxylation sites is 1. The van der Waals surface area contributed by atoms with E-state index in [0.29, 0.717) is 0 Å². The Labute approximate surface area is 124 Å². The van der Waals surface area contributed by atoms with Gasteiger partial charge in [0, 0.05) is 11.1 Å². The van der Waals surface area contributed by atoms with E-state index >= 15 is 0 Å². The molecule has 0 bridgehead atoms. The second-order valence-electron chi connectivity index (χ2n) is 4.74. The molecule has 0 amide bonds. The molecule has 3 nitrogen and oxygen atoms in total. The standard InChI is InChI=1S/C16H15N3.ClH/c1-11-7-12(2)9-13(8-11)19-16-14-5-3-4-6-15(14)17-10-18-16;/h3-10H,1-2H3,(H,17,18,19);1H. The van der Waals surface area contributed by atoms with Crippen molar-refractivity contribution >= 4 is 34.8 Å². The summed E-state index contributed by atoms with van der Waals surface area (Å²) in [6, 6.07) is 14.4. The van der Waals surface area contributed by atoms with Gasteiger partial charge in [0.2, 0.25) is 0 Å². The van der Waals surface area contributed by atoms with Crippen LogP contribution in [0, 0.1) is 13.8 Å². The Morgan fingerprint density at radius 1 is 0.900 bits per heavy atom. The van der Waals surface area contributed by atoms with Gasteiger partial charge in [-0.15, -0.1) is 12.4 Å². The smallest absolute Gasteiger partial charge is 0.141 e. The number of anilines is 2. The molecule has 4 heteroatoms. The molecule has 1 heterocycles. The van der Waals surface area contributed by atoms with Gasteiger partial charge in [-0.05, 0) is 49.2 Å². The number of aryl methyl sites for hydroxylation is 2. The number of hydrogen-bond donors (Lipinski definition) is 1. The van der Waals surface area contributed by atoms with Gasteiger partial charge in [-0.25, -0.2) is 9.97 Å². The SMILES string of the molecule is Cc1cc(C)cc(Nc2ncnc3ccccc23)c1.Cl. The minimum atomic E-state index is 0. The van der Waals surface area contributed by atoms with Crippen molar-refractivity contribution in [3.8, 4) is 0 Å². The highest BCUT2D eigenvalue weighted by Crippen LogP contribution is 2.23. The van der Waals surface area contributed by atoms with Crippen molar-refractivity contribution in [2.24, 2.45) is 0 Å². The van der Waals surface area contributed by atoms with Gasteiger partial charge in [-0.3, -0.25) is 0 Å². The van der Waals surface area contributed by atoms with Gasteiger partial charge in [-0.1, -0.05) is 18.2 Å². The summed E-state index contributed by atoms with van der Waals surface area (Å²) in [5, 5.41) is 4.41. The minimum Gasteiger partial charge on any atom is -0.340 e. The second-order valence-corrected chi connectivity index (χ2v) is 4.74. The molecular weight excluding hydrogens is 270 g/mol. The number of aromatic nitrogens is 2. The molecule has 3 rings (SSSR count). The lowest BCUT2D eigenvalue weighted by atomic mass is 10.1. The van der Waals surface area contributed by atoms with E-state index in [1.54, 1.807) is 6.33 Å². The molecular formula is C16H16ClN3. The van der Waals surface area contributed by atoms with Crippen LogP contribution in [0.5, 0.6) is 0 Å². The lowest BCUT2D eigenvalue weighted by Crippen LogP contribution is -1.96. The summed E-state index contributed by atoms with van der Waals surface area (Å²) in [5.41, 5.74) is 4.48. The summed E-state index contributed by atoms with van der Waals surface area (Å²) >= 11 is 0. The maximum atomic E-state index is 4.34. The van der Waals surface area contributed by atoms with Crippen LogP contribution in [-0.4, -0.2) is 9.97 Å². The maximum Gasteiger partial charge on any atom is 0.141 e. The Morgan fingerprint density at radius 2 is 1.60 bits per heavy atom. The van der Waals surface area contributed by atoms with Crippen molar-refractivity contribution in [3.63, 3.8) is 0 Å². The molecule has 0 unspecified atom stereocenters. The van der Waals surface area contributed by atoms with E-state index in [-0.39, 0.29) is 12.4 Å². The van der Waals surface area contributed by atoms with E-state index in [2.05, 4.69) is 47.3 Å². The third-order valence-electron chi connectivity index (χ3n) is 3.03. The van der Waals surface area contributed by atoms with Crippen molar-refractivity contribution in [2.45, 2.75) is 13.8 Å². The topological polar surface area (TPSA) is 37.8 Å². The molecule has 20 heavy (non-hydrogen) atoms. The van der Waals surface area contributed by atoms with Crippen LogP contribution in [0.3, 0.4) is 0 Å². The number of halogens is 1. The largest absolute Gasteiger partial charge is 0.340 e. The van der Waals surface area contributed by atoms with Crippen LogP contribution in [0.2, 0.25) is 0 Å². The van der Waals surface area contributed by atoms with Gasteiger partial charge in [0.1, 0.15) is 12.1 Å². The molecule has 0 saturated carbocycles. The highest BCUT2D eigenvalue weighted by atomic mass is 35.5. The Balaban J connectivity index is 0.00000147. The Kier molecular flexibility index (Phi) is 4.20. The molecule has 3 aromatic rings. The first-order valence-corrected chi connectivity index (χ1v) is 6.27. The first kappa shape index (κ1) is 14.3. The average Bonchev–Trinajstić information content (AvgIpc) is 2.38. The van der Waals surface area contributed by atoms with Crippen LogP contribution in [0.25, 0.3) is 10.9 Å². The molecule has 1 aromatic heterocycles.